The Balaban J connectivity index is 2.02. The van der Waals surface area contributed by atoms with E-state index in [0.717, 1.165) is 10.5 Å². The maximum absolute atomic E-state index is 4.46. The van der Waals surface area contributed by atoms with Crippen molar-refractivity contribution in [2.24, 2.45) is 5.92 Å². The number of hydrogen-bond acceptors (Lipinski definition) is 2. The van der Waals surface area contributed by atoms with Crippen molar-refractivity contribution in [3.8, 4) is 11.8 Å². The Hall–Kier alpha value is -1.33. The van der Waals surface area contributed by atoms with Gasteiger partial charge in [0.05, 0.1) is 10.2 Å². The molecule has 0 amide bonds. The quantitative estimate of drug-likeness (QED) is 0.594. The summed E-state index contributed by atoms with van der Waals surface area (Å²) in [4.78, 5) is 4.46. The zero-order valence-corrected chi connectivity index (χ0v) is 8.47. The summed E-state index contributed by atoms with van der Waals surface area (Å²) >= 11 is 1.68. The van der Waals surface area contributed by atoms with E-state index in [-0.39, 0.29) is 0 Å². The Morgan fingerprint density at radius 2 is 2.14 bits per heavy atom. The van der Waals surface area contributed by atoms with Crippen molar-refractivity contribution in [2.75, 3.05) is 0 Å². The van der Waals surface area contributed by atoms with Gasteiger partial charge in [0.2, 0.25) is 0 Å². The minimum absolute atomic E-state index is 0.655. The lowest BCUT2D eigenvalue weighted by Crippen LogP contribution is -1.70. The molecule has 1 aromatic heterocycles. The van der Waals surface area contributed by atoms with Gasteiger partial charge in [0.1, 0.15) is 0 Å². The van der Waals surface area contributed by atoms with E-state index in [1.165, 1.54) is 17.5 Å². The second-order valence-corrected chi connectivity index (χ2v) is 4.56. The van der Waals surface area contributed by atoms with E-state index in [9.17, 15) is 0 Å². The molecule has 0 aliphatic heterocycles. The Kier molecular flexibility index (Phi) is 1.78. The highest BCUT2D eigenvalue weighted by Crippen LogP contribution is 2.28. The predicted molar refractivity (Wildman–Crippen MR) is 59.2 cm³/mol. The molecule has 3 rings (SSSR count). The van der Waals surface area contributed by atoms with Gasteiger partial charge in [0.25, 0.3) is 0 Å². The van der Waals surface area contributed by atoms with E-state index >= 15 is 0 Å². The van der Waals surface area contributed by atoms with E-state index in [4.69, 9.17) is 0 Å². The molecule has 14 heavy (non-hydrogen) atoms. The average Bonchev–Trinajstić information content (AvgIpc) is 2.94. The van der Waals surface area contributed by atoms with Crippen LogP contribution in [-0.2, 0) is 0 Å². The van der Waals surface area contributed by atoms with Crippen LogP contribution in [0.25, 0.3) is 10.2 Å². The summed E-state index contributed by atoms with van der Waals surface area (Å²) in [6, 6.07) is 8.18. The molecule has 1 aliphatic rings. The van der Waals surface area contributed by atoms with Crippen LogP contribution in [0.3, 0.4) is 0 Å². The lowest BCUT2D eigenvalue weighted by molar-refractivity contribution is 1.18. The van der Waals surface area contributed by atoms with Crippen LogP contribution in [0.15, 0.2) is 24.3 Å². The van der Waals surface area contributed by atoms with Crippen molar-refractivity contribution in [3.05, 3.63) is 29.3 Å². The third-order valence-corrected chi connectivity index (χ3v) is 3.21. The molecule has 1 aromatic carbocycles. The number of nitrogens with zero attached hydrogens (tertiary/aromatic N) is 1. The monoisotopic (exact) mass is 199 g/mol. The van der Waals surface area contributed by atoms with Crippen LogP contribution in [0, 0.1) is 17.8 Å². The molecule has 2 aromatic rings. The van der Waals surface area contributed by atoms with Gasteiger partial charge in [-0.2, -0.15) is 0 Å². The van der Waals surface area contributed by atoms with Gasteiger partial charge >= 0.3 is 0 Å². The third-order valence-electron chi connectivity index (χ3n) is 2.25. The van der Waals surface area contributed by atoms with Gasteiger partial charge in [0.15, 0.2) is 5.01 Å². The molecule has 0 unspecified atom stereocenters. The first-order chi connectivity index (χ1) is 6.92. The largest absolute Gasteiger partial charge is 0.228 e. The third kappa shape index (κ3) is 1.51. The van der Waals surface area contributed by atoms with E-state index in [1.807, 2.05) is 18.2 Å². The molecular weight excluding hydrogens is 190 g/mol. The Morgan fingerprint density at radius 1 is 1.29 bits per heavy atom. The Morgan fingerprint density at radius 3 is 2.93 bits per heavy atom. The smallest absolute Gasteiger partial charge is 0.168 e. The number of para-hydroxylation sites is 1. The van der Waals surface area contributed by atoms with E-state index in [1.54, 1.807) is 11.3 Å². The molecule has 1 nitrogen and oxygen atoms in total. The summed E-state index contributed by atoms with van der Waals surface area (Å²) in [5.74, 6) is 7.04. The maximum atomic E-state index is 4.46. The summed E-state index contributed by atoms with van der Waals surface area (Å²) in [6.07, 6.45) is 2.55. The highest BCUT2D eigenvalue weighted by atomic mass is 32.1. The normalized spacial score (nSPS) is 15.1. The molecule has 2 heteroatoms. The molecule has 0 spiro atoms. The second kappa shape index (κ2) is 3.11. The standard InChI is InChI=1S/C12H9NS/c1-2-4-11-10(3-1)13-12(14-11)8-7-9-5-6-9/h1-4,9H,5-6H2. The molecule has 0 radical (unpaired) electrons. The van der Waals surface area contributed by atoms with Gasteiger partial charge < -0.3 is 0 Å². The van der Waals surface area contributed by atoms with Crippen molar-refractivity contribution < 1.29 is 0 Å². The SMILES string of the molecule is C(#CC1CC1)c1nc2ccccc2s1. The summed E-state index contributed by atoms with van der Waals surface area (Å²) in [7, 11) is 0. The fourth-order valence-corrected chi connectivity index (χ4v) is 2.14. The van der Waals surface area contributed by atoms with Crippen LogP contribution >= 0.6 is 11.3 Å². The van der Waals surface area contributed by atoms with Gasteiger partial charge in [0, 0.05) is 5.92 Å². The van der Waals surface area contributed by atoms with Gasteiger partial charge in [-0.05, 0) is 30.9 Å². The van der Waals surface area contributed by atoms with Crippen molar-refractivity contribution >= 4 is 21.6 Å². The number of rotatable bonds is 0. The summed E-state index contributed by atoms with van der Waals surface area (Å²) in [5, 5.41) is 0.957. The van der Waals surface area contributed by atoms with Crippen molar-refractivity contribution in [2.45, 2.75) is 12.8 Å². The summed E-state index contributed by atoms with van der Waals surface area (Å²) < 4.78 is 1.23. The topological polar surface area (TPSA) is 12.9 Å². The minimum Gasteiger partial charge on any atom is -0.228 e. The lowest BCUT2D eigenvalue weighted by atomic mass is 10.3. The van der Waals surface area contributed by atoms with Crippen LogP contribution in [0.2, 0.25) is 0 Å². The molecular formula is C12H9NS. The molecule has 0 atom stereocenters. The first kappa shape index (κ1) is 8.02. The average molecular weight is 199 g/mol. The van der Waals surface area contributed by atoms with Gasteiger partial charge in [-0.3, -0.25) is 0 Å². The van der Waals surface area contributed by atoms with Gasteiger partial charge in [-0.25, -0.2) is 4.98 Å². The fourth-order valence-electron chi connectivity index (χ4n) is 1.32. The zero-order valence-electron chi connectivity index (χ0n) is 7.66. The molecule has 0 N–H and O–H groups in total. The number of fused-ring (bicyclic) bond motifs is 1. The first-order valence-corrected chi connectivity index (χ1v) is 5.60. The van der Waals surface area contributed by atoms with Crippen molar-refractivity contribution in [1.29, 1.82) is 0 Å². The van der Waals surface area contributed by atoms with Crippen LogP contribution < -0.4 is 0 Å². The van der Waals surface area contributed by atoms with Gasteiger partial charge in [-0.1, -0.05) is 18.1 Å². The second-order valence-electron chi connectivity index (χ2n) is 3.53. The number of aromatic nitrogens is 1. The predicted octanol–water partition coefficient (Wildman–Crippen LogP) is 3.06. The maximum Gasteiger partial charge on any atom is 0.168 e. The van der Waals surface area contributed by atoms with Crippen molar-refractivity contribution in [3.63, 3.8) is 0 Å². The molecule has 1 aliphatic carbocycles. The van der Waals surface area contributed by atoms with E-state index < -0.39 is 0 Å². The first-order valence-electron chi connectivity index (χ1n) is 4.79. The minimum atomic E-state index is 0.655. The number of hydrogen-bond donors (Lipinski definition) is 0. The molecule has 1 saturated carbocycles. The molecule has 1 fully saturated rings. The van der Waals surface area contributed by atoms with E-state index in [2.05, 4.69) is 22.9 Å². The highest BCUT2D eigenvalue weighted by Gasteiger charge is 2.17. The van der Waals surface area contributed by atoms with Gasteiger partial charge in [-0.15, -0.1) is 11.3 Å². The van der Waals surface area contributed by atoms with Crippen LogP contribution in [0.4, 0.5) is 0 Å². The molecule has 68 valence electrons. The molecule has 0 bridgehead atoms. The molecule has 1 heterocycles. The van der Waals surface area contributed by atoms with E-state index in [0.29, 0.717) is 5.92 Å². The van der Waals surface area contributed by atoms with Crippen LogP contribution in [0.5, 0.6) is 0 Å². The number of benzene rings is 1. The lowest BCUT2D eigenvalue weighted by Gasteiger charge is -1.80. The van der Waals surface area contributed by atoms with Crippen LogP contribution in [-0.4, -0.2) is 4.98 Å². The molecule has 0 saturated heterocycles. The summed E-state index contributed by atoms with van der Waals surface area (Å²) in [5.41, 5.74) is 1.07. The Labute approximate surface area is 86.8 Å². The fraction of sp³-hybridized carbons (Fsp3) is 0.250. The Bertz CT molecular complexity index is 493. The van der Waals surface area contributed by atoms with Crippen LogP contribution in [0.1, 0.15) is 17.8 Å². The summed E-state index contributed by atoms with van der Waals surface area (Å²) in [6.45, 7) is 0. The van der Waals surface area contributed by atoms with Crippen molar-refractivity contribution in [1.82, 2.24) is 4.98 Å². The zero-order chi connectivity index (χ0) is 9.38. The number of thiazole rings is 1. The highest BCUT2D eigenvalue weighted by molar-refractivity contribution is 7.19.